The minimum atomic E-state index is -2.15. The van der Waals surface area contributed by atoms with Crippen LogP contribution in [0, 0.1) is 5.92 Å². The number of ether oxygens (including phenoxy) is 5. The highest BCUT2D eigenvalue weighted by atomic mass is 16.6. The first-order chi connectivity index (χ1) is 24.7. The first kappa shape index (κ1) is 35.3. The molecule has 11 nitrogen and oxygen atoms in total. The van der Waals surface area contributed by atoms with Crippen LogP contribution in [0.1, 0.15) is 52.7 Å². The fourth-order valence-corrected chi connectivity index (χ4v) is 7.56. The van der Waals surface area contributed by atoms with Crippen LogP contribution in [-0.2, 0) is 25.5 Å². The van der Waals surface area contributed by atoms with Crippen molar-refractivity contribution in [1.82, 2.24) is 10.6 Å². The van der Waals surface area contributed by atoms with Crippen LogP contribution in [0.3, 0.4) is 0 Å². The van der Waals surface area contributed by atoms with Crippen LogP contribution in [0.2, 0.25) is 0 Å². The Labute approximate surface area is 296 Å². The Balaban J connectivity index is 1.43. The zero-order chi connectivity index (χ0) is 36.2. The highest BCUT2D eigenvalue weighted by molar-refractivity contribution is 5.94. The Morgan fingerprint density at radius 3 is 2.02 bits per heavy atom. The third-order valence-electron chi connectivity index (χ3n) is 9.72. The van der Waals surface area contributed by atoms with Crippen LogP contribution in [0.4, 0.5) is 0 Å². The lowest BCUT2D eigenvalue weighted by Gasteiger charge is -2.46. The lowest BCUT2D eigenvalue weighted by molar-refractivity contribution is -0.195. The third-order valence-corrected chi connectivity index (χ3v) is 9.72. The average molecular weight is 695 g/mol. The zero-order valence-corrected chi connectivity index (χ0v) is 29.0. The summed E-state index contributed by atoms with van der Waals surface area (Å²) >= 11 is 0. The number of methoxy groups -OCH3 is 3. The standard InChI is InChI=1S/C40H42N2O9/c1-25(43)50-38-39(46)34-31(49-4)23-30(48-3)24-32(34)51-40(38,28-17-19-29(47-2)20-18-28)33(26-13-7-5-8-14-26)35(39)37(45)42-22-12-11-21-41-36(44)27-15-9-6-10-16-27/h5-10,13-20,23-24,33,35,38,46H,11-12,21-22H2,1-4H3,(H,41,44)(H,42,45)/t33-,35+,38+,39+,40+/m0/s1. The molecule has 1 saturated carbocycles. The van der Waals surface area contributed by atoms with Gasteiger partial charge in [0.25, 0.3) is 5.91 Å². The van der Waals surface area contributed by atoms with E-state index in [0.29, 0.717) is 47.6 Å². The summed E-state index contributed by atoms with van der Waals surface area (Å²) in [6, 6.07) is 28.6. The number of rotatable bonds is 13. The first-order valence-electron chi connectivity index (χ1n) is 16.8. The van der Waals surface area contributed by atoms with Crippen molar-refractivity contribution in [3.63, 3.8) is 0 Å². The normalized spacial score (nSPS) is 22.9. The quantitative estimate of drug-likeness (QED) is 0.132. The summed E-state index contributed by atoms with van der Waals surface area (Å²) in [6.07, 6.45) is -0.256. The fraction of sp³-hybridized carbons (Fsp3) is 0.325. The monoisotopic (exact) mass is 694 g/mol. The number of aliphatic hydroxyl groups is 1. The minimum Gasteiger partial charge on any atom is -0.497 e. The van der Waals surface area contributed by atoms with Gasteiger partial charge in [-0.25, -0.2) is 0 Å². The molecule has 2 bridgehead atoms. The SMILES string of the molecule is COc1ccc([C@]23Oc4cc(OC)cc(OC)c4[C@](O)([C@H]2OC(C)=O)[C@@H](C(=O)NCCCCNC(=O)c2ccccc2)[C@@H]3c2ccccc2)cc1. The van der Waals surface area contributed by atoms with Crippen molar-refractivity contribution >= 4 is 17.8 Å². The molecule has 4 aromatic rings. The summed E-state index contributed by atoms with van der Waals surface area (Å²) in [7, 11) is 4.50. The van der Waals surface area contributed by atoms with Gasteiger partial charge in [-0.15, -0.1) is 0 Å². The number of fused-ring (bicyclic) bond motifs is 4. The van der Waals surface area contributed by atoms with Crippen LogP contribution < -0.4 is 29.6 Å². The molecule has 266 valence electrons. The van der Waals surface area contributed by atoms with Gasteiger partial charge in [-0.1, -0.05) is 60.7 Å². The average Bonchev–Trinajstić information content (AvgIpc) is 3.30. The molecule has 1 heterocycles. The molecule has 11 heteroatoms. The van der Waals surface area contributed by atoms with Crippen LogP contribution in [0.5, 0.6) is 23.0 Å². The Bertz CT molecular complexity index is 1870. The van der Waals surface area contributed by atoms with Gasteiger partial charge in [-0.3, -0.25) is 14.4 Å². The lowest BCUT2D eigenvalue weighted by Crippen LogP contribution is -2.57. The molecule has 0 unspecified atom stereocenters. The maximum atomic E-state index is 14.7. The molecule has 6 rings (SSSR count). The summed E-state index contributed by atoms with van der Waals surface area (Å²) in [4.78, 5) is 40.1. The fourth-order valence-electron chi connectivity index (χ4n) is 7.56. The summed E-state index contributed by atoms with van der Waals surface area (Å²) in [5.41, 5.74) is -1.78. The topological polar surface area (TPSA) is 142 Å². The predicted octanol–water partition coefficient (Wildman–Crippen LogP) is 4.86. The van der Waals surface area contributed by atoms with Crippen molar-refractivity contribution in [2.24, 2.45) is 5.92 Å². The first-order valence-corrected chi connectivity index (χ1v) is 16.8. The second kappa shape index (κ2) is 14.7. The smallest absolute Gasteiger partial charge is 0.303 e. The second-order valence-electron chi connectivity index (χ2n) is 12.6. The van der Waals surface area contributed by atoms with E-state index in [-0.39, 0.29) is 29.5 Å². The summed E-state index contributed by atoms with van der Waals surface area (Å²) in [5.74, 6) is -2.02. The van der Waals surface area contributed by atoms with Gasteiger partial charge in [0.2, 0.25) is 5.91 Å². The van der Waals surface area contributed by atoms with Crippen molar-refractivity contribution in [3.8, 4) is 23.0 Å². The van der Waals surface area contributed by atoms with Gasteiger partial charge in [0.1, 0.15) is 23.0 Å². The molecule has 0 saturated heterocycles. The Kier molecular flexibility index (Phi) is 10.2. The molecular formula is C40H42N2O9. The molecule has 3 N–H and O–H groups in total. The van der Waals surface area contributed by atoms with E-state index < -0.39 is 41.0 Å². The van der Waals surface area contributed by atoms with Crippen LogP contribution in [0.15, 0.2) is 97.1 Å². The number of amides is 2. The molecule has 0 aromatic heterocycles. The molecule has 4 aromatic carbocycles. The minimum absolute atomic E-state index is 0.170. The van der Waals surface area contributed by atoms with Gasteiger partial charge in [0.15, 0.2) is 17.3 Å². The highest BCUT2D eigenvalue weighted by Crippen LogP contribution is 2.69. The highest BCUT2D eigenvalue weighted by Gasteiger charge is 2.78. The number of carbonyl (C=O) groups excluding carboxylic acids is 3. The molecule has 1 aliphatic heterocycles. The number of carbonyl (C=O) groups is 3. The van der Waals surface area contributed by atoms with Gasteiger partial charge in [-0.2, -0.15) is 0 Å². The number of benzene rings is 4. The zero-order valence-electron chi connectivity index (χ0n) is 29.0. The van der Waals surface area contributed by atoms with E-state index in [1.807, 2.05) is 36.4 Å². The van der Waals surface area contributed by atoms with Gasteiger partial charge in [0.05, 0.1) is 32.8 Å². The van der Waals surface area contributed by atoms with Crippen LogP contribution in [-0.4, -0.2) is 63.4 Å². The summed E-state index contributed by atoms with van der Waals surface area (Å²) in [5, 5.41) is 19.3. The number of hydrogen-bond donors (Lipinski definition) is 3. The van der Waals surface area contributed by atoms with E-state index >= 15 is 0 Å². The molecular weight excluding hydrogens is 652 g/mol. The molecule has 1 aliphatic carbocycles. The van der Waals surface area contributed by atoms with Crippen molar-refractivity contribution in [2.75, 3.05) is 34.4 Å². The maximum Gasteiger partial charge on any atom is 0.303 e. The van der Waals surface area contributed by atoms with E-state index in [0.717, 1.165) is 0 Å². The van der Waals surface area contributed by atoms with Crippen molar-refractivity contribution < 1.29 is 43.2 Å². The number of unbranched alkanes of at least 4 members (excludes halogenated alkanes) is 1. The molecule has 1 fully saturated rings. The molecule has 2 amide bonds. The number of esters is 1. The van der Waals surface area contributed by atoms with Crippen molar-refractivity contribution in [3.05, 3.63) is 119 Å². The predicted molar refractivity (Wildman–Crippen MR) is 188 cm³/mol. The lowest BCUT2D eigenvalue weighted by atomic mass is 9.75. The van der Waals surface area contributed by atoms with E-state index in [2.05, 4.69) is 10.6 Å². The molecule has 0 spiro atoms. The van der Waals surface area contributed by atoms with Gasteiger partial charge < -0.3 is 39.4 Å². The van der Waals surface area contributed by atoms with Gasteiger partial charge in [-0.05, 0) is 42.7 Å². The van der Waals surface area contributed by atoms with Crippen molar-refractivity contribution in [2.45, 2.75) is 43.0 Å². The third kappa shape index (κ3) is 6.33. The molecule has 51 heavy (non-hydrogen) atoms. The van der Waals surface area contributed by atoms with E-state index in [9.17, 15) is 19.5 Å². The number of nitrogens with one attached hydrogen (secondary N) is 2. The second-order valence-corrected chi connectivity index (χ2v) is 12.6. The summed E-state index contributed by atoms with van der Waals surface area (Å²) < 4.78 is 30.0. The molecule has 2 aliphatic rings. The van der Waals surface area contributed by atoms with E-state index in [1.54, 1.807) is 67.8 Å². The number of hydrogen-bond acceptors (Lipinski definition) is 9. The Hall–Kier alpha value is -5.55. The van der Waals surface area contributed by atoms with E-state index in [4.69, 9.17) is 23.7 Å². The molecule has 0 radical (unpaired) electrons. The van der Waals surface area contributed by atoms with Crippen molar-refractivity contribution in [1.29, 1.82) is 0 Å². The van der Waals surface area contributed by atoms with Crippen LogP contribution >= 0.6 is 0 Å². The van der Waals surface area contributed by atoms with E-state index in [1.165, 1.54) is 21.1 Å². The summed E-state index contributed by atoms with van der Waals surface area (Å²) in [6.45, 7) is 1.93. The van der Waals surface area contributed by atoms with Gasteiger partial charge >= 0.3 is 5.97 Å². The van der Waals surface area contributed by atoms with Gasteiger partial charge in [0, 0.05) is 49.2 Å². The van der Waals surface area contributed by atoms with Crippen LogP contribution in [0.25, 0.3) is 0 Å². The molecule has 5 atom stereocenters. The maximum absolute atomic E-state index is 14.7. The Morgan fingerprint density at radius 1 is 0.784 bits per heavy atom. The largest absolute Gasteiger partial charge is 0.497 e. The Morgan fingerprint density at radius 2 is 1.41 bits per heavy atom.